The highest BCUT2D eigenvalue weighted by molar-refractivity contribution is 9.10. The standard InChI is InChI=1S/C15H22BrNO2/c1-17-14(12-5-7-19-8-6-12)10-11-3-4-15(18-2)13(16)9-11/h3-4,9,12,14,17H,5-8,10H2,1-2H3. The summed E-state index contributed by atoms with van der Waals surface area (Å²) in [7, 11) is 3.75. The van der Waals surface area contributed by atoms with Gasteiger partial charge in [-0.05, 0) is 65.9 Å². The summed E-state index contributed by atoms with van der Waals surface area (Å²) in [6.07, 6.45) is 3.36. The number of likely N-dealkylation sites (N-methyl/N-ethyl adjacent to an activating group) is 1. The van der Waals surface area contributed by atoms with E-state index < -0.39 is 0 Å². The molecule has 1 saturated heterocycles. The zero-order chi connectivity index (χ0) is 13.7. The van der Waals surface area contributed by atoms with E-state index in [9.17, 15) is 0 Å². The third-order valence-electron chi connectivity index (χ3n) is 3.88. The molecule has 1 atom stereocenters. The van der Waals surface area contributed by atoms with Crippen molar-refractivity contribution in [2.24, 2.45) is 5.92 Å². The number of benzene rings is 1. The van der Waals surface area contributed by atoms with Crippen molar-refractivity contribution in [2.45, 2.75) is 25.3 Å². The normalized spacial score (nSPS) is 18.3. The molecule has 1 unspecified atom stereocenters. The first-order valence-corrected chi connectivity index (χ1v) is 7.61. The Morgan fingerprint density at radius 3 is 2.74 bits per heavy atom. The number of halogens is 1. The van der Waals surface area contributed by atoms with Crippen LogP contribution in [0.1, 0.15) is 18.4 Å². The third-order valence-corrected chi connectivity index (χ3v) is 4.50. The van der Waals surface area contributed by atoms with Crippen LogP contribution in [0.2, 0.25) is 0 Å². The van der Waals surface area contributed by atoms with Gasteiger partial charge >= 0.3 is 0 Å². The van der Waals surface area contributed by atoms with Crippen LogP contribution in [0.3, 0.4) is 0 Å². The highest BCUT2D eigenvalue weighted by Crippen LogP contribution is 2.27. The summed E-state index contributed by atoms with van der Waals surface area (Å²) < 4.78 is 11.7. The van der Waals surface area contributed by atoms with Crippen LogP contribution in [0.25, 0.3) is 0 Å². The van der Waals surface area contributed by atoms with Gasteiger partial charge in [-0.2, -0.15) is 0 Å². The van der Waals surface area contributed by atoms with Crippen LogP contribution in [-0.4, -0.2) is 33.4 Å². The van der Waals surface area contributed by atoms with Gasteiger partial charge in [0.05, 0.1) is 11.6 Å². The predicted octanol–water partition coefficient (Wildman–Crippen LogP) is 3.01. The quantitative estimate of drug-likeness (QED) is 0.901. The third kappa shape index (κ3) is 3.94. The summed E-state index contributed by atoms with van der Waals surface area (Å²) in [4.78, 5) is 0. The van der Waals surface area contributed by atoms with E-state index in [2.05, 4.69) is 40.4 Å². The Bertz CT molecular complexity index is 405. The van der Waals surface area contributed by atoms with Crippen LogP contribution in [-0.2, 0) is 11.2 Å². The smallest absolute Gasteiger partial charge is 0.133 e. The van der Waals surface area contributed by atoms with E-state index in [1.807, 2.05) is 6.07 Å². The first kappa shape index (κ1) is 14.8. The Morgan fingerprint density at radius 1 is 1.42 bits per heavy atom. The lowest BCUT2D eigenvalue weighted by atomic mass is 9.88. The summed E-state index contributed by atoms with van der Waals surface area (Å²) in [6.45, 7) is 1.80. The van der Waals surface area contributed by atoms with Crippen molar-refractivity contribution in [3.8, 4) is 5.75 Å². The summed E-state index contributed by atoms with van der Waals surface area (Å²) in [5.74, 6) is 1.59. The lowest BCUT2D eigenvalue weighted by Gasteiger charge is -2.30. The summed E-state index contributed by atoms with van der Waals surface area (Å²) >= 11 is 3.55. The van der Waals surface area contributed by atoms with Crippen molar-refractivity contribution < 1.29 is 9.47 Å². The second-order valence-corrected chi connectivity index (χ2v) is 5.87. The molecule has 1 aromatic rings. The van der Waals surface area contributed by atoms with Gasteiger partial charge < -0.3 is 14.8 Å². The van der Waals surface area contributed by atoms with E-state index in [4.69, 9.17) is 9.47 Å². The first-order valence-electron chi connectivity index (χ1n) is 6.82. The average Bonchev–Trinajstić information content (AvgIpc) is 2.46. The molecule has 0 aromatic heterocycles. The molecule has 0 aliphatic carbocycles. The molecule has 3 nitrogen and oxygen atoms in total. The first-order chi connectivity index (χ1) is 9.24. The highest BCUT2D eigenvalue weighted by Gasteiger charge is 2.23. The number of hydrogen-bond acceptors (Lipinski definition) is 3. The van der Waals surface area contributed by atoms with E-state index in [0.29, 0.717) is 12.0 Å². The molecule has 0 bridgehead atoms. The Balaban J connectivity index is 2.03. The zero-order valence-electron chi connectivity index (χ0n) is 11.6. The Labute approximate surface area is 123 Å². The number of hydrogen-bond donors (Lipinski definition) is 1. The maximum atomic E-state index is 5.44. The summed E-state index contributed by atoms with van der Waals surface area (Å²) in [6, 6.07) is 6.84. The van der Waals surface area contributed by atoms with Crippen molar-refractivity contribution in [2.75, 3.05) is 27.4 Å². The van der Waals surface area contributed by atoms with Gasteiger partial charge in [0.25, 0.3) is 0 Å². The van der Waals surface area contributed by atoms with E-state index in [0.717, 1.165) is 42.7 Å². The summed E-state index contributed by atoms with van der Waals surface area (Å²) in [5.41, 5.74) is 1.33. The van der Waals surface area contributed by atoms with Gasteiger partial charge in [0, 0.05) is 19.3 Å². The van der Waals surface area contributed by atoms with Crippen molar-refractivity contribution in [3.05, 3.63) is 28.2 Å². The Hall–Kier alpha value is -0.580. The largest absolute Gasteiger partial charge is 0.496 e. The average molecular weight is 328 g/mol. The fraction of sp³-hybridized carbons (Fsp3) is 0.600. The van der Waals surface area contributed by atoms with Crippen molar-refractivity contribution in [1.82, 2.24) is 5.32 Å². The Morgan fingerprint density at radius 2 is 2.16 bits per heavy atom. The molecule has 0 amide bonds. The molecule has 1 aliphatic heterocycles. The lowest BCUT2D eigenvalue weighted by molar-refractivity contribution is 0.0547. The fourth-order valence-corrected chi connectivity index (χ4v) is 3.30. The lowest BCUT2D eigenvalue weighted by Crippen LogP contribution is -2.38. The van der Waals surface area contributed by atoms with Crippen LogP contribution in [0.4, 0.5) is 0 Å². The molecule has 1 N–H and O–H groups in total. The van der Waals surface area contributed by atoms with Gasteiger partial charge in [0.2, 0.25) is 0 Å². The molecule has 2 rings (SSSR count). The van der Waals surface area contributed by atoms with Gasteiger partial charge in [-0.1, -0.05) is 6.07 Å². The number of rotatable bonds is 5. The molecule has 0 spiro atoms. The minimum absolute atomic E-state index is 0.518. The molecular formula is C15H22BrNO2. The second-order valence-electron chi connectivity index (χ2n) is 5.02. The monoisotopic (exact) mass is 327 g/mol. The SMILES string of the molecule is CNC(Cc1ccc(OC)c(Br)c1)C1CCOCC1. The van der Waals surface area contributed by atoms with Crippen molar-refractivity contribution in [3.63, 3.8) is 0 Å². The Kier molecular flexibility index (Phi) is 5.67. The minimum Gasteiger partial charge on any atom is -0.496 e. The molecule has 1 aliphatic rings. The van der Waals surface area contributed by atoms with E-state index in [-0.39, 0.29) is 0 Å². The van der Waals surface area contributed by atoms with E-state index in [1.165, 1.54) is 5.56 Å². The van der Waals surface area contributed by atoms with Crippen LogP contribution < -0.4 is 10.1 Å². The second kappa shape index (κ2) is 7.27. The van der Waals surface area contributed by atoms with Gasteiger partial charge in [-0.15, -0.1) is 0 Å². The molecule has 19 heavy (non-hydrogen) atoms. The zero-order valence-corrected chi connectivity index (χ0v) is 13.2. The van der Waals surface area contributed by atoms with Gasteiger partial charge in [0.15, 0.2) is 0 Å². The number of methoxy groups -OCH3 is 1. The number of nitrogens with one attached hydrogen (secondary N) is 1. The van der Waals surface area contributed by atoms with Gasteiger partial charge in [-0.25, -0.2) is 0 Å². The van der Waals surface area contributed by atoms with Crippen molar-refractivity contribution in [1.29, 1.82) is 0 Å². The minimum atomic E-state index is 0.518. The molecular weight excluding hydrogens is 306 g/mol. The number of ether oxygens (including phenoxy) is 2. The molecule has 0 saturated carbocycles. The van der Waals surface area contributed by atoms with E-state index in [1.54, 1.807) is 7.11 Å². The van der Waals surface area contributed by atoms with Gasteiger partial charge in [0.1, 0.15) is 5.75 Å². The fourth-order valence-electron chi connectivity index (χ4n) is 2.71. The predicted molar refractivity (Wildman–Crippen MR) is 80.8 cm³/mol. The van der Waals surface area contributed by atoms with Crippen LogP contribution >= 0.6 is 15.9 Å². The maximum absolute atomic E-state index is 5.44. The van der Waals surface area contributed by atoms with Crippen LogP contribution in [0.15, 0.2) is 22.7 Å². The van der Waals surface area contributed by atoms with Crippen molar-refractivity contribution >= 4 is 15.9 Å². The topological polar surface area (TPSA) is 30.5 Å². The molecule has 1 heterocycles. The molecule has 1 fully saturated rings. The van der Waals surface area contributed by atoms with Gasteiger partial charge in [-0.3, -0.25) is 0 Å². The molecule has 1 aromatic carbocycles. The maximum Gasteiger partial charge on any atom is 0.133 e. The highest BCUT2D eigenvalue weighted by atomic mass is 79.9. The molecule has 106 valence electrons. The van der Waals surface area contributed by atoms with Crippen LogP contribution in [0.5, 0.6) is 5.75 Å². The molecule has 4 heteroatoms. The van der Waals surface area contributed by atoms with Crippen LogP contribution in [0, 0.1) is 5.92 Å². The molecule has 0 radical (unpaired) electrons. The summed E-state index contributed by atoms with van der Waals surface area (Å²) in [5, 5.41) is 3.47. The van der Waals surface area contributed by atoms with E-state index >= 15 is 0 Å².